The van der Waals surface area contributed by atoms with E-state index >= 15 is 0 Å². The molecule has 1 aliphatic rings. The van der Waals surface area contributed by atoms with E-state index in [0.29, 0.717) is 12.3 Å². The summed E-state index contributed by atoms with van der Waals surface area (Å²) in [6.45, 7) is 4.00. The van der Waals surface area contributed by atoms with E-state index in [2.05, 4.69) is 15.3 Å². The van der Waals surface area contributed by atoms with E-state index in [0.717, 1.165) is 23.7 Å². The smallest absolute Gasteiger partial charge is 0.367 e. The lowest BCUT2D eigenvalue weighted by molar-refractivity contribution is -0.143. The summed E-state index contributed by atoms with van der Waals surface area (Å²) in [6.07, 6.45) is 0.730. The number of nitrogens with one attached hydrogen (secondary N) is 1. The van der Waals surface area contributed by atoms with Crippen LogP contribution in [0.4, 0.5) is 4.79 Å². The maximum absolute atomic E-state index is 12.1. The molecule has 0 radical (unpaired) electrons. The van der Waals surface area contributed by atoms with Crippen molar-refractivity contribution in [3.63, 3.8) is 0 Å². The van der Waals surface area contributed by atoms with Crippen LogP contribution in [0.1, 0.15) is 19.4 Å². The number of hydrogen-bond acceptors (Lipinski definition) is 5. The fraction of sp³-hybridized carbons (Fsp3) is 0.389. The van der Waals surface area contributed by atoms with Crippen molar-refractivity contribution < 1.29 is 19.1 Å². The second-order valence-electron chi connectivity index (χ2n) is 5.55. The first-order valence-corrected chi connectivity index (χ1v) is 9.27. The summed E-state index contributed by atoms with van der Waals surface area (Å²) in [7, 11) is 0. The highest BCUT2D eigenvalue weighted by atomic mass is 32.2. The molecule has 0 fully saturated rings. The maximum Gasteiger partial charge on any atom is 0.367 e. The van der Waals surface area contributed by atoms with Crippen molar-refractivity contribution in [2.45, 2.75) is 20.3 Å². The highest BCUT2D eigenvalue weighted by Crippen LogP contribution is 2.21. The van der Waals surface area contributed by atoms with Crippen LogP contribution < -0.4 is 5.32 Å². The molecule has 0 saturated heterocycles. The van der Waals surface area contributed by atoms with Gasteiger partial charge in [0, 0.05) is 12.3 Å². The van der Waals surface area contributed by atoms with Crippen LogP contribution in [-0.4, -0.2) is 47.6 Å². The van der Waals surface area contributed by atoms with Gasteiger partial charge in [-0.2, -0.15) is 9.98 Å². The number of urea groups is 1. The molecular formula is C18H21N3O4S. The fourth-order valence-corrected chi connectivity index (χ4v) is 3.33. The lowest BCUT2D eigenvalue weighted by atomic mass is 10.1. The van der Waals surface area contributed by atoms with E-state index in [-0.39, 0.29) is 23.3 Å². The number of ether oxygens (including phenoxy) is 1. The minimum atomic E-state index is -0.824. The molecule has 8 heteroatoms. The lowest BCUT2D eigenvalue weighted by Gasteiger charge is -2.19. The van der Waals surface area contributed by atoms with Gasteiger partial charge in [-0.3, -0.25) is 9.59 Å². The summed E-state index contributed by atoms with van der Waals surface area (Å²) in [5, 5.41) is 3.07. The van der Waals surface area contributed by atoms with Crippen LogP contribution in [-0.2, 0) is 20.7 Å². The molecule has 1 atom stereocenters. The predicted octanol–water partition coefficient (Wildman–Crippen LogP) is 2.25. The molecule has 3 amide bonds. The Morgan fingerprint density at radius 2 is 1.96 bits per heavy atom. The molecule has 1 aliphatic heterocycles. The zero-order valence-corrected chi connectivity index (χ0v) is 15.5. The van der Waals surface area contributed by atoms with Gasteiger partial charge >= 0.3 is 12.0 Å². The lowest BCUT2D eigenvalue weighted by Crippen LogP contribution is -2.35. The molecule has 2 rings (SSSR count). The first-order valence-electron chi connectivity index (χ1n) is 8.29. The van der Waals surface area contributed by atoms with Crippen LogP contribution in [0.15, 0.2) is 40.3 Å². The van der Waals surface area contributed by atoms with E-state index < -0.39 is 17.9 Å². The number of nitrogens with zero attached hydrogens (tertiary/aromatic N) is 2. The van der Waals surface area contributed by atoms with Crippen LogP contribution in [0, 0.1) is 5.92 Å². The van der Waals surface area contributed by atoms with Crippen LogP contribution in [0.2, 0.25) is 0 Å². The van der Waals surface area contributed by atoms with Gasteiger partial charge in [0.25, 0.3) is 0 Å². The van der Waals surface area contributed by atoms with Gasteiger partial charge in [0.05, 0.1) is 17.4 Å². The highest BCUT2D eigenvalue weighted by molar-refractivity contribution is 8.14. The molecule has 1 aromatic rings. The second-order valence-corrected chi connectivity index (χ2v) is 6.54. The highest BCUT2D eigenvalue weighted by Gasteiger charge is 2.33. The molecule has 0 saturated carbocycles. The summed E-state index contributed by atoms with van der Waals surface area (Å²) in [5.41, 5.74) is 1.47. The largest absolute Gasteiger partial charge is 0.465 e. The van der Waals surface area contributed by atoms with Crippen molar-refractivity contribution in [3.05, 3.63) is 35.9 Å². The van der Waals surface area contributed by atoms with E-state index in [1.54, 1.807) is 13.8 Å². The number of carbonyl (C=O) groups is 3. The Morgan fingerprint density at radius 1 is 1.23 bits per heavy atom. The number of carbonyl (C=O) groups excluding carboxylic acids is 3. The Morgan fingerprint density at radius 3 is 2.65 bits per heavy atom. The number of aliphatic imine (C=N–C) groups is 2. The third-order valence-corrected chi connectivity index (χ3v) is 4.62. The fourth-order valence-electron chi connectivity index (χ4n) is 2.37. The van der Waals surface area contributed by atoms with E-state index in [9.17, 15) is 14.4 Å². The summed E-state index contributed by atoms with van der Waals surface area (Å²) in [5.74, 6) is -1.47. The molecular weight excluding hydrogens is 354 g/mol. The van der Waals surface area contributed by atoms with Gasteiger partial charge in [-0.05, 0) is 25.8 Å². The molecule has 1 unspecified atom stereocenters. The quantitative estimate of drug-likeness (QED) is 0.737. The number of amides is 3. The predicted molar refractivity (Wildman–Crippen MR) is 102 cm³/mol. The topological polar surface area (TPSA) is 97.2 Å². The molecule has 7 nitrogen and oxygen atoms in total. The molecule has 1 heterocycles. The van der Waals surface area contributed by atoms with Gasteiger partial charge in [0.1, 0.15) is 5.92 Å². The number of benzene rings is 1. The Bertz CT molecular complexity index is 731. The first kappa shape index (κ1) is 19.8. The maximum atomic E-state index is 12.1. The van der Waals surface area contributed by atoms with Crippen molar-refractivity contribution in [1.82, 2.24) is 5.32 Å². The average Bonchev–Trinajstić information content (AvgIpc) is 2.60. The third-order valence-electron chi connectivity index (χ3n) is 3.59. The molecule has 0 spiro atoms. The minimum Gasteiger partial charge on any atom is -0.465 e. The van der Waals surface area contributed by atoms with Gasteiger partial charge in [-0.15, -0.1) is 0 Å². The SMILES string of the molecule is CCOC(=O)C1C(C)=NC(=O)N=C1SCC(=O)NCCc1ccccc1. The first-order chi connectivity index (χ1) is 12.5. The number of esters is 1. The van der Waals surface area contributed by atoms with E-state index in [4.69, 9.17) is 4.74 Å². The van der Waals surface area contributed by atoms with E-state index in [1.807, 2.05) is 30.3 Å². The molecule has 1 aromatic carbocycles. The summed E-state index contributed by atoms with van der Waals surface area (Å²) < 4.78 is 5.01. The van der Waals surface area contributed by atoms with Crippen molar-refractivity contribution in [1.29, 1.82) is 0 Å². The molecule has 0 aliphatic carbocycles. The minimum absolute atomic E-state index is 0.0596. The molecule has 0 bridgehead atoms. The molecule has 1 N–H and O–H groups in total. The third kappa shape index (κ3) is 5.80. The number of rotatable bonds is 7. The molecule has 0 aromatic heterocycles. The van der Waals surface area contributed by atoms with Crippen LogP contribution in [0.25, 0.3) is 0 Å². The van der Waals surface area contributed by atoms with Gasteiger partial charge in [0.15, 0.2) is 0 Å². The van der Waals surface area contributed by atoms with Gasteiger partial charge in [-0.1, -0.05) is 42.1 Å². The Labute approximate surface area is 156 Å². The van der Waals surface area contributed by atoms with Crippen molar-refractivity contribution in [2.24, 2.45) is 15.9 Å². The summed E-state index contributed by atoms with van der Waals surface area (Å²) in [4.78, 5) is 43.1. The van der Waals surface area contributed by atoms with Crippen molar-refractivity contribution in [3.8, 4) is 0 Å². The van der Waals surface area contributed by atoms with Crippen LogP contribution >= 0.6 is 11.8 Å². The number of hydrogen-bond donors (Lipinski definition) is 1. The molecule has 26 heavy (non-hydrogen) atoms. The van der Waals surface area contributed by atoms with Gasteiger partial charge in [0.2, 0.25) is 5.91 Å². The van der Waals surface area contributed by atoms with Crippen LogP contribution in [0.3, 0.4) is 0 Å². The van der Waals surface area contributed by atoms with Gasteiger partial charge < -0.3 is 10.1 Å². The number of thioether (sulfide) groups is 1. The molecule has 138 valence electrons. The summed E-state index contributed by atoms with van der Waals surface area (Å²) >= 11 is 1.06. The van der Waals surface area contributed by atoms with Crippen molar-refractivity contribution >= 4 is 40.4 Å². The van der Waals surface area contributed by atoms with E-state index in [1.165, 1.54) is 0 Å². The van der Waals surface area contributed by atoms with Crippen molar-refractivity contribution in [2.75, 3.05) is 18.9 Å². The Kier molecular flexibility index (Phi) is 7.53. The summed E-state index contributed by atoms with van der Waals surface area (Å²) in [6, 6.07) is 9.16. The zero-order chi connectivity index (χ0) is 18.9. The standard InChI is InChI=1S/C18H21N3O4S/c1-3-25-17(23)15-12(2)20-18(24)21-16(15)26-11-14(22)19-10-9-13-7-5-4-6-8-13/h4-8,15H,3,9-11H2,1-2H3,(H,19,22). The zero-order valence-electron chi connectivity index (χ0n) is 14.7. The average molecular weight is 375 g/mol. The normalized spacial score (nSPS) is 16.5. The Balaban J connectivity index is 1.86. The van der Waals surface area contributed by atoms with Crippen LogP contribution in [0.5, 0.6) is 0 Å². The monoisotopic (exact) mass is 375 g/mol. The second kappa shape index (κ2) is 9.86. The van der Waals surface area contributed by atoms with Gasteiger partial charge in [-0.25, -0.2) is 4.79 Å². The Hall–Kier alpha value is -2.48.